The molecule has 0 saturated carbocycles. The Labute approximate surface area is 112 Å². The molecule has 1 rings (SSSR count). The average Bonchev–Trinajstić information content (AvgIpc) is 2.33. The molecule has 1 aliphatic rings. The lowest BCUT2D eigenvalue weighted by atomic mass is 9.92. The molecule has 2 unspecified atom stereocenters. The standard InChI is InChI=1S/C14H30N2S/c1-13(14-8-7-10-16(2)12-14)15-9-5-4-6-11-17-3/h13-15H,4-12H2,1-3H3. The molecule has 1 N–H and O–H groups in total. The molecule has 3 heteroatoms. The van der Waals surface area contributed by atoms with Gasteiger partial charge in [0.2, 0.25) is 0 Å². The van der Waals surface area contributed by atoms with Gasteiger partial charge in [0.1, 0.15) is 0 Å². The van der Waals surface area contributed by atoms with Gasteiger partial charge in [-0.2, -0.15) is 11.8 Å². The zero-order valence-electron chi connectivity index (χ0n) is 11.9. The van der Waals surface area contributed by atoms with E-state index in [1.165, 1.54) is 57.5 Å². The summed E-state index contributed by atoms with van der Waals surface area (Å²) in [5.41, 5.74) is 0. The largest absolute Gasteiger partial charge is 0.314 e. The SMILES string of the molecule is CSCCCCCNC(C)C1CCCN(C)C1. The number of hydrogen-bond donors (Lipinski definition) is 1. The second-order valence-corrected chi connectivity index (χ2v) is 6.45. The van der Waals surface area contributed by atoms with Crippen molar-refractivity contribution in [2.24, 2.45) is 5.92 Å². The van der Waals surface area contributed by atoms with Gasteiger partial charge in [-0.15, -0.1) is 0 Å². The first kappa shape index (κ1) is 15.3. The molecule has 0 aromatic rings. The summed E-state index contributed by atoms with van der Waals surface area (Å²) in [6.45, 7) is 6.14. The third-order valence-electron chi connectivity index (χ3n) is 3.86. The molecule has 2 nitrogen and oxygen atoms in total. The summed E-state index contributed by atoms with van der Waals surface area (Å²) in [6, 6.07) is 0.693. The maximum atomic E-state index is 3.72. The van der Waals surface area contributed by atoms with Crippen LogP contribution in [0.1, 0.15) is 39.0 Å². The number of rotatable bonds is 8. The highest BCUT2D eigenvalue weighted by molar-refractivity contribution is 7.98. The molecule has 0 radical (unpaired) electrons. The van der Waals surface area contributed by atoms with E-state index in [4.69, 9.17) is 0 Å². The molecule has 1 fully saturated rings. The Hall–Kier alpha value is 0.270. The Kier molecular flexibility index (Phi) is 8.33. The van der Waals surface area contributed by atoms with E-state index in [2.05, 4.69) is 30.4 Å². The Morgan fingerprint density at radius 3 is 2.88 bits per heavy atom. The van der Waals surface area contributed by atoms with Crippen molar-refractivity contribution in [3.8, 4) is 0 Å². The molecule has 0 amide bonds. The van der Waals surface area contributed by atoms with Crippen molar-refractivity contribution in [1.29, 1.82) is 0 Å². The minimum absolute atomic E-state index is 0.693. The van der Waals surface area contributed by atoms with E-state index in [1.807, 2.05) is 11.8 Å². The molecule has 0 bridgehead atoms. The lowest BCUT2D eigenvalue weighted by Gasteiger charge is -2.34. The smallest absolute Gasteiger partial charge is 0.00792 e. The number of hydrogen-bond acceptors (Lipinski definition) is 3. The third kappa shape index (κ3) is 6.68. The van der Waals surface area contributed by atoms with Crippen molar-refractivity contribution >= 4 is 11.8 Å². The first-order chi connectivity index (χ1) is 8.24. The minimum Gasteiger partial charge on any atom is -0.314 e. The summed E-state index contributed by atoms with van der Waals surface area (Å²) in [4.78, 5) is 2.48. The molecule has 102 valence electrons. The fraction of sp³-hybridized carbons (Fsp3) is 1.00. The first-order valence-electron chi connectivity index (χ1n) is 7.15. The molecule has 2 atom stereocenters. The number of likely N-dealkylation sites (tertiary alicyclic amines) is 1. The van der Waals surface area contributed by atoms with E-state index in [9.17, 15) is 0 Å². The highest BCUT2D eigenvalue weighted by Crippen LogP contribution is 2.18. The molecule has 0 aliphatic carbocycles. The van der Waals surface area contributed by atoms with Gasteiger partial charge in [0.25, 0.3) is 0 Å². The van der Waals surface area contributed by atoms with E-state index in [-0.39, 0.29) is 0 Å². The maximum absolute atomic E-state index is 3.72. The fourth-order valence-electron chi connectivity index (χ4n) is 2.66. The summed E-state index contributed by atoms with van der Waals surface area (Å²) in [5.74, 6) is 2.18. The second-order valence-electron chi connectivity index (χ2n) is 5.46. The van der Waals surface area contributed by atoms with Crippen LogP contribution in [0.4, 0.5) is 0 Å². The molecular weight excluding hydrogens is 228 g/mol. The molecule has 0 aromatic carbocycles. The summed E-state index contributed by atoms with van der Waals surface area (Å²) in [7, 11) is 2.25. The van der Waals surface area contributed by atoms with Crippen LogP contribution in [0.5, 0.6) is 0 Å². The van der Waals surface area contributed by atoms with Crippen LogP contribution in [0.25, 0.3) is 0 Å². The predicted octanol–water partition coefficient (Wildman–Crippen LogP) is 2.84. The highest BCUT2D eigenvalue weighted by Gasteiger charge is 2.21. The number of thioether (sulfide) groups is 1. The summed E-state index contributed by atoms with van der Waals surface area (Å²) in [5, 5.41) is 3.72. The van der Waals surface area contributed by atoms with Gasteiger partial charge in [0.15, 0.2) is 0 Å². The van der Waals surface area contributed by atoms with E-state index in [0.717, 1.165) is 5.92 Å². The van der Waals surface area contributed by atoms with Gasteiger partial charge >= 0.3 is 0 Å². The van der Waals surface area contributed by atoms with Gasteiger partial charge in [0.05, 0.1) is 0 Å². The molecule has 1 aliphatic heterocycles. The number of unbranched alkanes of at least 4 members (excludes halogenated alkanes) is 2. The average molecular weight is 258 g/mol. The van der Waals surface area contributed by atoms with Crippen molar-refractivity contribution in [3.05, 3.63) is 0 Å². The van der Waals surface area contributed by atoms with Crippen molar-refractivity contribution in [1.82, 2.24) is 10.2 Å². The van der Waals surface area contributed by atoms with Crippen LogP contribution in [0.15, 0.2) is 0 Å². The maximum Gasteiger partial charge on any atom is 0.00792 e. The van der Waals surface area contributed by atoms with Crippen LogP contribution in [-0.4, -0.2) is 49.6 Å². The zero-order valence-corrected chi connectivity index (χ0v) is 12.7. The Morgan fingerprint density at radius 1 is 1.35 bits per heavy atom. The minimum atomic E-state index is 0.693. The molecule has 1 heterocycles. The fourth-order valence-corrected chi connectivity index (χ4v) is 3.15. The third-order valence-corrected chi connectivity index (χ3v) is 4.56. The number of piperidine rings is 1. The second kappa shape index (κ2) is 9.23. The van der Waals surface area contributed by atoms with Crippen LogP contribution >= 0.6 is 11.8 Å². The lowest BCUT2D eigenvalue weighted by Crippen LogP contribution is -2.43. The van der Waals surface area contributed by atoms with Gasteiger partial charge in [-0.05, 0) is 70.7 Å². The zero-order chi connectivity index (χ0) is 12.5. The highest BCUT2D eigenvalue weighted by atomic mass is 32.2. The normalized spacial score (nSPS) is 23.8. The van der Waals surface area contributed by atoms with E-state index < -0.39 is 0 Å². The van der Waals surface area contributed by atoms with Gasteiger partial charge in [0, 0.05) is 12.6 Å². The van der Waals surface area contributed by atoms with Crippen molar-refractivity contribution in [2.75, 3.05) is 38.7 Å². The van der Waals surface area contributed by atoms with E-state index in [1.54, 1.807) is 0 Å². The Morgan fingerprint density at radius 2 is 2.18 bits per heavy atom. The Balaban J connectivity index is 2.02. The lowest BCUT2D eigenvalue weighted by molar-refractivity contribution is 0.179. The molecule has 0 spiro atoms. The molecule has 1 saturated heterocycles. The van der Waals surface area contributed by atoms with Crippen LogP contribution in [-0.2, 0) is 0 Å². The summed E-state index contributed by atoms with van der Waals surface area (Å²) in [6.07, 6.45) is 9.08. The molecular formula is C14H30N2S. The summed E-state index contributed by atoms with van der Waals surface area (Å²) >= 11 is 1.96. The van der Waals surface area contributed by atoms with Crippen molar-refractivity contribution in [2.45, 2.75) is 45.1 Å². The number of nitrogens with zero attached hydrogens (tertiary/aromatic N) is 1. The topological polar surface area (TPSA) is 15.3 Å². The van der Waals surface area contributed by atoms with E-state index >= 15 is 0 Å². The van der Waals surface area contributed by atoms with E-state index in [0.29, 0.717) is 6.04 Å². The monoisotopic (exact) mass is 258 g/mol. The van der Waals surface area contributed by atoms with Gasteiger partial charge in [-0.1, -0.05) is 6.42 Å². The first-order valence-corrected chi connectivity index (χ1v) is 8.54. The van der Waals surface area contributed by atoms with Crippen LogP contribution in [0.3, 0.4) is 0 Å². The molecule has 0 aromatic heterocycles. The number of nitrogens with one attached hydrogen (secondary N) is 1. The van der Waals surface area contributed by atoms with Gasteiger partial charge in [-0.25, -0.2) is 0 Å². The van der Waals surface area contributed by atoms with Gasteiger partial charge < -0.3 is 10.2 Å². The van der Waals surface area contributed by atoms with Crippen molar-refractivity contribution in [3.63, 3.8) is 0 Å². The van der Waals surface area contributed by atoms with Crippen LogP contribution in [0.2, 0.25) is 0 Å². The van der Waals surface area contributed by atoms with Gasteiger partial charge in [-0.3, -0.25) is 0 Å². The summed E-state index contributed by atoms with van der Waals surface area (Å²) < 4.78 is 0. The predicted molar refractivity (Wildman–Crippen MR) is 79.9 cm³/mol. The Bertz CT molecular complexity index is 187. The quantitative estimate of drug-likeness (QED) is 0.674. The molecule has 17 heavy (non-hydrogen) atoms. The van der Waals surface area contributed by atoms with Crippen LogP contribution in [0, 0.1) is 5.92 Å². The van der Waals surface area contributed by atoms with Crippen molar-refractivity contribution < 1.29 is 0 Å². The van der Waals surface area contributed by atoms with Crippen LogP contribution < -0.4 is 5.32 Å².